The van der Waals surface area contributed by atoms with Crippen LogP contribution in [-0.2, 0) is 4.79 Å². The summed E-state index contributed by atoms with van der Waals surface area (Å²) in [6, 6.07) is 0. The molecule has 0 saturated carbocycles. The van der Waals surface area contributed by atoms with E-state index in [1.165, 1.54) is 4.90 Å². The monoisotopic (exact) mass is 228 g/mol. The average molecular weight is 228 g/mol. The number of hydrogen-bond donors (Lipinski definition) is 1. The fraction of sp³-hybridized carbons (Fsp3) is 0.818. The Labute approximate surface area is 95.1 Å². The number of carbonyl (C=O) groups is 2. The molecule has 0 spiro atoms. The average Bonchev–Trinajstić information content (AvgIpc) is 2.49. The van der Waals surface area contributed by atoms with Gasteiger partial charge in [0.15, 0.2) is 0 Å². The molecular weight excluding hydrogens is 210 g/mol. The molecule has 0 aromatic heterocycles. The van der Waals surface area contributed by atoms with Crippen LogP contribution in [0.25, 0.3) is 0 Å². The molecule has 1 aliphatic heterocycles. The first kappa shape index (κ1) is 12.8. The van der Waals surface area contributed by atoms with Crippen molar-refractivity contribution >= 4 is 12.1 Å². The number of hydrogen-bond acceptors (Lipinski definition) is 3. The number of carbonyl (C=O) groups excluding carboxylic acids is 1. The number of aliphatic carboxylic acids is 1. The van der Waals surface area contributed by atoms with E-state index in [0.717, 1.165) is 0 Å². The Morgan fingerprint density at radius 2 is 2.00 bits per heavy atom. The Kier molecular flexibility index (Phi) is 3.45. The highest BCUT2D eigenvalue weighted by Crippen LogP contribution is 2.37. The number of likely N-dealkylation sites (tertiary alicyclic amines) is 1. The first-order valence-corrected chi connectivity index (χ1v) is 5.42. The summed E-state index contributed by atoms with van der Waals surface area (Å²) in [6.07, 6.45) is -0.608. The van der Waals surface area contributed by atoms with Gasteiger partial charge in [-0.15, -0.1) is 0 Å². The molecular formula is C11H18NO4-. The van der Waals surface area contributed by atoms with Gasteiger partial charge in [-0.3, -0.25) is 4.79 Å². The lowest BCUT2D eigenvalue weighted by Crippen LogP contribution is -2.41. The highest BCUT2D eigenvalue weighted by molar-refractivity contribution is 5.71. The van der Waals surface area contributed by atoms with Crippen LogP contribution in [-0.4, -0.2) is 35.2 Å². The van der Waals surface area contributed by atoms with E-state index in [-0.39, 0.29) is 17.9 Å². The minimum atomic E-state index is -1.21. The SMILES string of the molecule is CC(C)(C)C(C(=O)O)C1CCN(C(=O)[O-])C1. The summed E-state index contributed by atoms with van der Waals surface area (Å²) < 4.78 is 0. The van der Waals surface area contributed by atoms with Crippen LogP contribution in [0.15, 0.2) is 0 Å². The van der Waals surface area contributed by atoms with Gasteiger partial charge in [-0.25, -0.2) is 0 Å². The van der Waals surface area contributed by atoms with E-state index in [1.807, 2.05) is 20.8 Å². The zero-order valence-corrected chi connectivity index (χ0v) is 9.90. The van der Waals surface area contributed by atoms with Gasteiger partial charge in [0.25, 0.3) is 0 Å². The Bertz CT molecular complexity index is 295. The summed E-state index contributed by atoms with van der Waals surface area (Å²) in [4.78, 5) is 23.1. The van der Waals surface area contributed by atoms with Crippen molar-refractivity contribution in [3.8, 4) is 0 Å². The number of carboxylic acid groups (broad SMARTS) is 2. The van der Waals surface area contributed by atoms with E-state index in [1.54, 1.807) is 0 Å². The normalized spacial score (nSPS) is 23.2. The molecule has 1 saturated heterocycles. The van der Waals surface area contributed by atoms with E-state index in [2.05, 4.69) is 0 Å². The van der Waals surface area contributed by atoms with Crippen molar-refractivity contribution in [2.24, 2.45) is 17.3 Å². The van der Waals surface area contributed by atoms with Gasteiger partial charge in [0, 0.05) is 13.1 Å². The molecule has 1 fully saturated rings. The maximum Gasteiger partial charge on any atom is 0.307 e. The molecule has 0 bridgehead atoms. The van der Waals surface area contributed by atoms with Gasteiger partial charge in [-0.2, -0.15) is 0 Å². The number of carboxylic acids is 1. The third-order valence-corrected chi connectivity index (χ3v) is 3.15. The molecule has 16 heavy (non-hydrogen) atoms. The summed E-state index contributed by atoms with van der Waals surface area (Å²) >= 11 is 0. The van der Waals surface area contributed by atoms with Crippen LogP contribution in [0.2, 0.25) is 0 Å². The number of amides is 1. The molecule has 0 aromatic rings. The third kappa shape index (κ3) is 2.65. The van der Waals surface area contributed by atoms with Crippen LogP contribution in [0.3, 0.4) is 0 Å². The van der Waals surface area contributed by atoms with Crippen molar-refractivity contribution in [3.63, 3.8) is 0 Å². The van der Waals surface area contributed by atoms with E-state index in [0.29, 0.717) is 13.0 Å². The maximum absolute atomic E-state index is 11.2. The van der Waals surface area contributed by atoms with Gasteiger partial charge in [0.1, 0.15) is 6.09 Å². The summed E-state index contributed by atoms with van der Waals surface area (Å²) in [5.41, 5.74) is -0.363. The predicted octanol–water partition coefficient (Wildman–Crippen LogP) is 0.399. The standard InChI is InChI=1S/C11H19NO4/c1-11(2,3)8(9(13)14)7-4-5-12(6-7)10(15)16/h7-8H,4-6H2,1-3H3,(H,13,14)(H,15,16)/p-1. The quantitative estimate of drug-likeness (QED) is 0.741. The molecule has 92 valence electrons. The largest absolute Gasteiger partial charge is 0.530 e. The third-order valence-electron chi connectivity index (χ3n) is 3.15. The summed E-state index contributed by atoms with van der Waals surface area (Å²) in [5.74, 6) is -1.48. The molecule has 1 aliphatic rings. The Morgan fingerprint density at radius 1 is 1.44 bits per heavy atom. The van der Waals surface area contributed by atoms with Crippen molar-refractivity contribution in [1.29, 1.82) is 0 Å². The minimum Gasteiger partial charge on any atom is -0.530 e. The van der Waals surface area contributed by atoms with Crippen LogP contribution < -0.4 is 5.11 Å². The molecule has 1 amide bonds. The Balaban J connectivity index is 2.76. The number of rotatable bonds is 2. The topological polar surface area (TPSA) is 80.7 Å². The van der Waals surface area contributed by atoms with Gasteiger partial charge in [0.05, 0.1) is 5.92 Å². The van der Waals surface area contributed by atoms with Crippen LogP contribution >= 0.6 is 0 Å². The maximum atomic E-state index is 11.2. The second-order valence-corrected chi connectivity index (χ2v) is 5.44. The second-order valence-electron chi connectivity index (χ2n) is 5.44. The summed E-state index contributed by atoms with van der Waals surface area (Å²) in [6.45, 7) is 6.26. The van der Waals surface area contributed by atoms with Crippen LogP contribution in [0, 0.1) is 17.3 Å². The lowest BCUT2D eigenvalue weighted by molar-refractivity contribution is -0.264. The number of nitrogens with zero attached hydrogens (tertiary/aromatic N) is 1. The van der Waals surface area contributed by atoms with Crippen LogP contribution in [0.5, 0.6) is 0 Å². The van der Waals surface area contributed by atoms with Crippen molar-refractivity contribution in [3.05, 3.63) is 0 Å². The Morgan fingerprint density at radius 3 is 2.31 bits per heavy atom. The van der Waals surface area contributed by atoms with Crippen molar-refractivity contribution in [2.45, 2.75) is 27.2 Å². The fourth-order valence-electron chi connectivity index (χ4n) is 2.50. The highest BCUT2D eigenvalue weighted by atomic mass is 16.4. The van der Waals surface area contributed by atoms with Crippen LogP contribution in [0.1, 0.15) is 27.2 Å². The van der Waals surface area contributed by atoms with Gasteiger partial charge in [-0.1, -0.05) is 20.8 Å². The predicted molar refractivity (Wildman–Crippen MR) is 55.7 cm³/mol. The van der Waals surface area contributed by atoms with E-state index in [9.17, 15) is 19.8 Å². The molecule has 0 aromatic carbocycles. The smallest absolute Gasteiger partial charge is 0.307 e. The van der Waals surface area contributed by atoms with Crippen LogP contribution in [0.4, 0.5) is 4.79 Å². The first-order valence-electron chi connectivity index (χ1n) is 5.42. The van der Waals surface area contributed by atoms with E-state index in [4.69, 9.17) is 0 Å². The molecule has 0 radical (unpaired) electrons. The fourth-order valence-corrected chi connectivity index (χ4v) is 2.50. The zero-order chi connectivity index (χ0) is 12.5. The lowest BCUT2D eigenvalue weighted by Gasteiger charge is -2.32. The van der Waals surface area contributed by atoms with Crippen molar-refractivity contribution < 1.29 is 19.8 Å². The second kappa shape index (κ2) is 4.31. The van der Waals surface area contributed by atoms with Gasteiger partial charge >= 0.3 is 5.97 Å². The zero-order valence-electron chi connectivity index (χ0n) is 9.90. The first-order chi connectivity index (χ1) is 7.23. The van der Waals surface area contributed by atoms with Gasteiger partial charge in [-0.05, 0) is 17.8 Å². The molecule has 1 N–H and O–H groups in total. The molecule has 0 aliphatic carbocycles. The van der Waals surface area contributed by atoms with Gasteiger partial charge < -0.3 is 19.9 Å². The summed E-state index contributed by atoms with van der Waals surface area (Å²) in [7, 11) is 0. The van der Waals surface area contributed by atoms with Crippen molar-refractivity contribution in [1.82, 2.24) is 4.90 Å². The van der Waals surface area contributed by atoms with E-state index < -0.39 is 18.0 Å². The Hall–Kier alpha value is -1.26. The molecule has 1 heterocycles. The molecule has 5 nitrogen and oxygen atoms in total. The molecule has 2 unspecified atom stereocenters. The van der Waals surface area contributed by atoms with E-state index >= 15 is 0 Å². The van der Waals surface area contributed by atoms with Gasteiger partial charge in [0.2, 0.25) is 0 Å². The molecule has 2 atom stereocenters. The summed E-state index contributed by atoms with van der Waals surface area (Å²) in [5, 5.41) is 19.9. The molecule has 1 rings (SSSR count). The lowest BCUT2D eigenvalue weighted by atomic mass is 9.73. The molecule has 5 heteroatoms. The van der Waals surface area contributed by atoms with Crippen molar-refractivity contribution in [2.75, 3.05) is 13.1 Å². The highest BCUT2D eigenvalue weighted by Gasteiger charge is 2.41. The minimum absolute atomic E-state index is 0.115.